The largest absolute Gasteiger partial charge is 0.354 e. The molecule has 21 heavy (non-hydrogen) atoms. The van der Waals surface area contributed by atoms with Crippen molar-refractivity contribution in [2.45, 2.75) is 54.9 Å². The van der Waals surface area contributed by atoms with Crippen molar-refractivity contribution < 1.29 is 9.59 Å². The highest BCUT2D eigenvalue weighted by Crippen LogP contribution is 2.35. The van der Waals surface area contributed by atoms with Gasteiger partial charge in [-0.2, -0.15) is 0 Å². The maximum Gasteiger partial charge on any atom is 0.246 e. The Bertz CT molecular complexity index is 387. The highest BCUT2D eigenvalue weighted by atomic mass is 16.2. The van der Waals surface area contributed by atoms with Crippen molar-refractivity contribution in [3.05, 3.63) is 12.2 Å². The number of carbonyl (C=O) groups is 2. The second-order valence-corrected chi connectivity index (χ2v) is 8.01. The third-order valence-corrected chi connectivity index (χ3v) is 3.28. The molecule has 0 bridgehead atoms. The Morgan fingerprint density at radius 2 is 1.48 bits per heavy atom. The van der Waals surface area contributed by atoms with Crippen LogP contribution in [0.2, 0.25) is 0 Å². The molecule has 2 amide bonds. The molecule has 0 heterocycles. The molecule has 0 saturated carbocycles. The third kappa shape index (κ3) is 8.53. The van der Waals surface area contributed by atoms with Gasteiger partial charge in [-0.3, -0.25) is 9.59 Å². The SMILES string of the molecule is C=C(C)C(=O)NCCNC(=O)C(CC(C)(C)C)C(C)(C)C. The topological polar surface area (TPSA) is 58.2 Å². The van der Waals surface area contributed by atoms with Crippen molar-refractivity contribution in [2.75, 3.05) is 13.1 Å². The predicted molar refractivity (Wildman–Crippen MR) is 87.9 cm³/mol. The summed E-state index contributed by atoms with van der Waals surface area (Å²) in [6.45, 7) is 18.8. The maximum atomic E-state index is 12.4. The minimum absolute atomic E-state index is 0.0469. The van der Waals surface area contributed by atoms with E-state index in [0.29, 0.717) is 18.7 Å². The van der Waals surface area contributed by atoms with E-state index in [1.54, 1.807) is 6.92 Å². The van der Waals surface area contributed by atoms with Crippen LogP contribution in [0.15, 0.2) is 12.2 Å². The Morgan fingerprint density at radius 3 is 1.86 bits per heavy atom. The quantitative estimate of drug-likeness (QED) is 0.585. The van der Waals surface area contributed by atoms with Crippen molar-refractivity contribution in [1.29, 1.82) is 0 Å². The number of hydrogen-bond acceptors (Lipinski definition) is 2. The smallest absolute Gasteiger partial charge is 0.246 e. The van der Waals surface area contributed by atoms with E-state index in [0.717, 1.165) is 6.42 Å². The monoisotopic (exact) mass is 296 g/mol. The Hall–Kier alpha value is -1.32. The number of nitrogens with one attached hydrogen (secondary N) is 2. The van der Waals surface area contributed by atoms with Crippen molar-refractivity contribution in [3.63, 3.8) is 0 Å². The Labute approximate surface area is 129 Å². The first kappa shape index (κ1) is 19.7. The third-order valence-electron chi connectivity index (χ3n) is 3.28. The lowest BCUT2D eigenvalue weighted by Crippen LogP contribution is -2.42. The van der Waals surface area contributed by atoms with Gasteiger partial charge in [0.25, 0.3) is 0 Å². The number of rotatable bonds is 6. The van der Waals surface area contributed by atoms with Gasteiger partial charge in [0, 0.05) is 24.6 Å². The molecule has 2 N–H and O–H groups in total. The highest BCUT2D eigenvalue weighted by molar-refractivity contribution is 5.92. The zero-order valence-corrected chi connectivity index (χ0v) is 14.7. The fraction of sp³-hybridized carbons (Fsp3) is 0.765. The van der Waals surface area contributed by atoms with E-state index >= 15 is 0 Å². The molecule has 0 spiro atoms. The minimum Gasteiger partial charge on any atom is -0.354 e. The standard InChI is InChI=1S/C17H32N2O2/c1-12(2)14(20)18-9-10-19-15(21)13(17(6,7)8)11-16(3,4)5/h13H,1,9-11H2,2-8H3,(H,18,20)(H,19,21). The van der Waals surface area contributed by atoms with Gasteiger partial charge in [-0.05, 0) is 24.2 Å². The number of hydrogen-bond donors (Lipinski definition) is 2. The molecule has 0 radical (unpaired) electrons. The van der Waals surface area contributed by atoms with E-state index < -0.39 is 0 Å². The highest BCUT2D eigenvalue weighted by Gasteiger charge is 2.34. The van der Waals surface area contributed by atoms with Crippen LogP contribution in [0.3, 0.4) is 0 Å². The summed E-state index contributed by atoms with van der Waals surface area (Å²) < 4.78 is 0. The Morgan fingerprint density at radius 1 is 1.00 bits per heavy atom. The van der Waals surface area contributed by atoms with E-state index in [2.05, 4.69) is 58.8 Å². The first-order valence-electron chi connectivity index (χ1n) is 7.56. The van der Waals surface area contributed by atoms with Crippen LogP contribution in [-0.2, 0) is 9.59 Å². The molecular weight excluding hydrogens is 264 g/mol. The molecule has 1 unspecified atom stereocenters. The molecule has 4 heteroatoms. The van der Waals surface area contributed by atoms with Crippen molar-refractivity contribution in [1.82, 2.24) is 10.6 Å². The van der Waals surface area contributed by atoms with Gasteiger partial charge < -0.3 is 10.6 Å². The first-order valence-corrected chi connectivity index (χ1v) is 7.56. The summed E-state index contributed by atoms with van der Waals surface area (Å²) in [6, 6.07) is 0. The fourth-order valence-electron chi connectivity index (χ4n) is 2.04. The van der Waals surface area contributed by atoms with Gasteiger partial charge in [-0.15, -0.1) is 0 Å². The van der Waals surface area contributed by atoms with Crippen LogP contribution in [0.4, 0.5) is 0 Å². The van der Waals surface area contributed by atoms with Crippen LogP contribution in [0.5, 0.6) is 0 Å². The van der Waals surface area contributed by atoms with Crippen LogP contribution < -0.4 is 10.6 Å². The average molecular weight is 296 g/mol. The fourth-order valence-corrected chi connectivity index (χ4v) is 2.04. The first-order chi connectivity index (χ1) is 9.34. The molecule has 0 aromatic carbocycles. The summed E-state index contributed by atoms with van der Waals surface area (Å²) in [6.07, 6.45) is 0.834. The van der Waals surface area contributed by atoms with Gasteiger partial charge in [0.05, 0.1) is 0 Å². The van der Waals surface area contributed by atoms with Crippen molar-refractivity contribution in [3.8, 4) is 0 Å². The minimum atomic E-state index is -0.175. The van der Waals surface area contributed by atoms with Crippen LogP contribution in [0, 0.1) is 16.7 Å². The summed E-state index contributed by atoms with van der Waals surface area (Å²) in [5.41, 5.74) is 0.489. The summed E-state index contributed by atoms with van der Waals surface area (Å²) in [4.78, 5) is 23.7. The number of amides is 2. The molecule has 1 atom stereocenters. The van der Waals surface area contributed by atoms with E-state index in [1.807, 2.05) is 0 Å². The molecule has 0 saturated heterocycles. The summed E-state index contributed by atoms with van der Waals surface area (Å²) in [5.74, 6) is -0.164. The molecule has 0 aromatic heterocycles. The molecule has 0 aliphatic rings. The maximum absolute atomic E-state index is 12.4. The molecular formula is C17H32N2O2. The van der Waals surface area contributed by atoms with Crippen LogP contribution >= 0.6 is 0 Å². The molecule has 0 rings (SSSR count). The second kappa shape index (κ2) is 7.62. The molecule has 0 aliphatic carbocycles. The second-order valence-electron chi connectivity index (χ2n) is 8.01. The van der Waals surface area contributed by atoms with Crippen molar-refractivity contribution >= 4 is 11.8 Å². The Balaban J connectivity index is 4.44. The zero-order chi connectivity index (χ0) is 16.8. The van der Waals surface area contributed by atoms with E-state index in [1.165, 1.54) is 0 Å². The molecule has 0 fully saturated rings. The van der Waals surface area contributed by atoms with Gasteiger partial charge >= 0.3 is 0 Å². The van der Waals surface area contributed by atoms with E-state index in [4.69, 9.17) is 0 Å². The van der Waals surface area contributed by atoms with Crippen LogP contribution in [0.1, 0.15) is 54.9 Å². The lowest BCUT2D eigenvalue weighted by molar-refractivity contribution is -0.129. The Kier molecular flexibility index (Phi) is 7.14. The molecule has 122 valence electrons. The van der Waals surface area contributed by atoms with Crippen LogP contribution in [-0.4, -0.2) is 24.9 Å². The molecule has 0 aromatic rings. The zero-order valence-electron chi connectivity index (χ0n) is 14.7. The van der Waals surface area contributed by atoms with E-state index in [-0.39, 0.29) is 28.6 Å². The van der Waals surface area contributed by atoms with Gasteiger partial charge in [-0.1, -0.05) is 48.1 Å². The number of carbonyl (C=O) groups excluding carboxylic acids is 2. The summed E-state index contributed by atoms with van der Waals surface area (Å²) in [5, 5.41) is 5.63. The average Bonchev–Trinajstić information content (AvgIpc) is 2.28. The van der Waals surface area contributed by atoms with E-state index in [9.17, 15) is 9.59 Å². The normalized spacial score (nSPS) is 13.5. The lowest BCUT2D eigenvalue weighted by atomic mass is 9.71. The van der Waals surface area contributed by atoms with Gasteiger partial charge in [-0.25, -0.2) is 0 Å². The predicted octanol–water partition coefficient (Wildman–Crippen LogP) is 2.89. The molecule has 0 aliphatic heterocycles. The van der Waals surface area contributed by atoms with Gasteiger partial charge in [0.15, 0.2) is 0 Å². The lowest BCUT2D eigenvalue weighted by Gasteiger charge is -2.34. The van der Waals surface area contributed by atoms with Gasteiger partial charge in [0.2, 0.25) is 11.8 Å². The molecule has 4 nitrogen and oxygen atoms in total. The van der Waals surface area contributed by atoms with Crippen molar-refractivity contribution in [2.24, 2.45) is 16.7 Å². The summed E-state index contributed by atoms with van der Waals surface area (Å²) >= 11 is 0. The van der Waals surface area contributed by atoms with Crippen LogP contribution in [0.25, 0.3) is 0 Å². The van der Waals surface area contributed by atoms with Gasteiger partial charge in [0.1, 0.15) is 0 Å². The summed E-state index contributed by atoms with van der Waals surface area (Å²) in [7, 11) is 0.